The second-order valence-electron chi connectivity index (χ2n) is 4.13. The molecule has 0 spiro atoms. The van der Waals surface area contributed by atoms with E-state index >= 15 is 0 Å². The number of aromatic nitrogens is 2. The molecule has 0 aliphatic heterocycles. The third-order valence-electron chi connectivity index (χ3n) is 2.00. The Morgan fingerprint density at radius 1 is 1.00 bits per heavy atom. The summed E-state index contributed by atoms with van der Waals surface area (Å²) in [6.07, 6.45) is 0. The number of ether oxygens (including phenoxy) is 3. The maximum absolute atomic E-state index is 5.27. The normalized spacial score (nSPS) is 11.3. The molecule has 0 aliphatic carbocycles. The van der Waals surface area contributed by atoms with Gasteiger partial charge in [-0.25, -0.2) is 4.68 Å². The van der Waals surface area contributed by atoms with Gasteiger partial charge in [0.25, 0.3) is 11.8 Å². The van der Waals surface area contributed by atoms with Gasteiger partial charge in [-0.1, -0.05) is 0 Å². The molecule has 0 fully saturated rings. The van der Waals surface area contributed by atoms with E-state index in [-0.39, 0.29) is 5.54 Å². The Morgan fingerprint density at radius 3 is 1.93 bits per heavy atom. The van der Waals surface area contributed by atoms with Gasteiger partial charge in [-0.15, -0.1) is 5.10 Å². The summed E-state index contributed by atoms with van der Waals surface area (Å²) in [7, 11) is 4.70. The predicted molar refractivity (Wildman–Crippen MR) is 56.9 cm³/mol. The number of methoxy groups -OCH3 is 3. The molecule has 15 heavy (non-hydrogen) atoms. The molecule has 0 bridgehead atoms. The van der Waals surface area contributed by atoms with Crippen LogP contribution in [-0.2, 0) is 5.54 Å². The highest BCUT2D eigenvalue weighted by atomic mass is 16.5. The van der Waals surface area contributed by atoms with Crippen LogP contribution in [-0.4, -0.2) is 31.1 Å². The van der Waals surface area contributed by atoms with E-state index < -0.39 is 0 Å². The third kappa shape index (κ3) is 2.00. The fourth-order valence-electron chi connectivity index (χ4n) is 1.31. The van der Waals surface area contributed by atoms with Crippen LogP contribution in [0.25, 0.3) is 0 Å². The average Bonchev–Trinajstić information content (AvgIpc) is 2.54. The Hall–Kier alpha value is -1.39. The predicted octanol–water partition coefficient (Wildman–Crippen LogP) is 1.66. The zero-order chi connectivity index (χ0) is 11.6. The molecule has 0 aromatic carbocycles. The van der Waals surface area contributed by atoms with E-state index in [4.69, 9.17) is 14.2 Å². The quantitative estimate of drug-likeness (QED) is 0.767. The van der Waals surface area contributed by atoms with E-state index in [1.165, 1.54) is 0 Å². The van der Waals surface area contributed by atoms with Crippen molar-refractivity contribution in [2.45, 2.75) is 26.3 Å². The maximum atomic E-state index is 5.27. The molecular weight excluding hydrogens is 196 g/mol. The average molecular weight is 214 g/mol. The summed E-state index contributed by atoms with van der Waals surface area (Å²) < 4.78 is 17.3. The molecule has 5 nitrogen and oxygen atoms in total. The SMILES string of the molecule is COc1nn(C(C)(C)C)c(OC)c1OC. The highest BCUT2D eigenvalue weighted by Crippen LogP contribution is 2.39. The third-order valence-corrected chi connectivity index (χ3v) is 2.00. The molecular formula is C10H18N2O3. The fourth-order valence-corrected chi connectivity index (χ4v) is 1.31. The van der Waals surface area contributed by atoms with E-state index in [1.54, 1.807) is 26.0 Å². The molecule has 0 unspecified atom stereocenters. The van der Waals surface area contributed by atoms with Gasteiger partial charge in [-0.05, 0) is 20.8 Å². The molecule has 0 amide bonds. The summed E-state index contributed by atoms with van der Waals surface area (Å²) in [5.74, 6) is 1.53. The van der Waals surface area contributed by atoms with Gasteiger partial charge in [0, 0.05) is 0 Å². The molecule has 0 radical (unpaired) electrons. The lowest BCUT2D eigenvalue weighted by molar-refractivity contribution is 0.269. The lowest BCUT2D eigenvalue weighted by Gasteiger charge is -2.20. The molecule has 0 N–H and O–H groups in total. The Bertz CT molecular complexity index is 339. The standard InChI is InChI=1S/C10H18N2O3/c1-10(2,3)12-9(15-6)7(13-4)8(11-12)14-5/h1-6H3. The highest BCUT2D eigenvalue weighted by Gasteiger charge is 2.27. The lowest BCUT2D eigenvalue weighted by Crippen LogP contribution is -2.23. The van der Waals surface area contributed by atoms with Crippen LogP contribution >= 0.6 is 0 Å². The first-order chi connectivity index (χ1) is 6.95. The number of hydrogen-bond donors (Lipinski definition) is 0. The largest absolute Gasteiger partial charge is 0.487 e. The van der Waals surface area contributed by atoms with Crippen LogP contribution < -0.4 is 14.2 Å². The zero-order valence-corrected chi connectivity index (χ0v) is 10.1. The second kappa shape index (κ2) is 4.00. The van der Waals surface area contributed by atoms with E-state index in [9.17, 15) is 0 Å². The van der Waals surface area contributed by atoms with E-state index in [0.29, 0.717) is 17.5 Å². The van der Waals surface area contributed by atoms with Gasteiger partial charge in [0.2, 0.25) is 5.75 Å². The molecule has 0 saturated carbocycles. The van der Waals surface area contributed by atoms with Crippen LogP contribution in [0.15, 0.2) is 0 Å². The number of rotatable bonds is 3. The number of nitrogens with zero attached hydrogens (tertiary/aromatic N) is 2. The molecule has 1 aromatic rings. The van der Waals surface area contributed by atoms with Crippen LogP contribution in [0, 0.1) is 0 Å². The lowest BCUT2D eigenvalue weighted by atomic mass is 10.1. The Kier molecular flexibility index (Phi) is 3.12. The van der Waals surface area contributed by atoms with Gasteiger partial charge >= 0.3 is 0 Å². The van der Waals surface area contributed by atoms with Crippen LogP contribution in [0.4, 0.5) is 0 Å². The summed E-state index contributed by atoms with van der Waals surface area (Å²) in [6.45, 7) is 6.09. The Labute approximate surface area is 89.9 Å². The maximum Gasteiger partial charge on any atom is 0.279 e. The molecule has 1 aromatic heterocycles. The van der Waals surface area contributed by atoms with E-state index in [1.807, 2.05) is 20.8 Å². The summed E-state index contributed by atoms with van der Waals surface area (Å²) >= 11 is 0. The Balaban J connectivity index is 3.34. The van der Waals surface area contributed by atoms with Crippen molar-refractivity contribution in [2.24, 2.45) is 0 Å². The monoisotopic (exact) mass is 214 g/mol. The van der Waals surface area contributed by atoms with Crippen LogP contribution in [0.5, 0.6) is 17.5 Å². The van der Waals surface area contributed by atoms with Crippen molar-refractivity contribution in [1.82, 2.24) is 9.78 Å². The van der Waals surface area contributed by atoms with Crippen molar-refractivity contribution in [3.8, 4) is 17.5 Å². The van der Waals surface area contributed by atoms with Crippen molar-refractivity contribution in [1.29, 1.82) is 0 Å². The van der Waals surface area contributed by atoms with Gasteiger partial charge in [0.05, 0.1) is 26.9 Å². The smallest absolute Gasteiger partial charge is 0.279 e. The first-order valence-corrected chi connectivity index (χ1v) is 4.71. The molecule has 0 aliphatic rings. The molecule has 5 heteroatoms. The topological polar surface area (TPSA) is 45.5 Å². The van der Waals surface area contributed by atoms with Gasteiger partial charge in [0.15, 0.2) is 0 Å². The fraction of sp³-hybridized carbons (Fsp3) is 0.700. The van der Waals surface area contributed by atoms with Crippen molar-refractivity contribution in [3.63, 3.8) is 0 Å². The summed E-state index contributed by atoms with van der Waals surface area (Å²) in [4.78, 5) is 0. The van der Waals surface area contributed by atoms with Gasteiger partial charge in [-0.2, -0.15) is 0 Å². The highest BCUT2D eigenvalue weighted by molar-refractivity contribution is 5.44. The van der Waals surface area contributed by atoms with Gasteiger partial charge in [-0.3, -0.25) is 0 Å². The Morgan fingerprint density at radius 2 is 1.60 bits per heavy atom. The summed E-state index contributed by atoms with van der Waals surface area (Å²) in [5.41, 5.74) is -0.185. The molecule has 86 valence electrons. The minimum atomic E-state index is -0.185. The minimum absolute atomic E-state index is 0.185. The van der Waals surface area contributed by atoms with Crippen molar-refractivity contribution < 1.29 is 14.2 Å². The first kappa shape index (κ1) is 11.7. The van der Waals surface area contributed by atoms with Crippen LogP contribution in [0.3, 0.4) is 0 Å². The molecule has 1 heterocycles. The summed E-state index contributed by atoms with van der Waals surface area (Å²) in [5, 5.41) is 4.29. The van der Waals surface area contributed by atoms with E-state index in [2.05, 4.69) is 5.10 Å². The number of hydrogen-bond acceptors (Lipinski definition) is 4. The molecule has 1 rings (SSSR count). The van der Waals surface area contributed by atoms with Gasteiger partial charge in [0.1, 0.15) is 0 Å². The molecule has 0 saturated heterocycles. The second-order valence-corrected chi connectivity index (χ2v) is 4.13. The first-order valence-electron chi connectivity index (χ1n) is 4.71. The summed E-state index contributed by atoms with van der Waals surface area (Å²) in [6, 6.07) is 0. The van der Waals surface area contributed by atoms with Crippen molar-refractivity contribution in [2.75, 3.05) is 21.3 Å². The molecule has 0 atom stereocenters. The minimum Gasteiger partial charge on any atom is -0.487 e. The van der Waals surface area contributed by atoms with Crippen molar-refractivity contribution in [3.05, 3.63) is 0 Å². The van der Waals surface area contributed by atoms with Crippen LogP contribution in [0.1, 0.15) is 20.8 Å². The van der Waals surface area contributed by atoms with Crippen LogP contribution in [0.2, 0.25) is 0 Å². The van der Waals surface area contributed by atoms with Gasteiger partial charge < -0.3 is 14.2 Å². The van der Waals surface area contributed by atoms with E-state index in [0.717, 1.165) is 0 Å². The van der Waals surface area contributed by atoms with Crippen molar-refractivity contribution >= 4 is 0 Å². The zero-order valence-electron chi connectivity index (χ0n) is 10.1.